The Morgan fingerprint density at radius 3 is 2.62 bits per heavy atom. The second kappa shape index (κ2) is 12.7. The highest BCUT2D eigenvalue weighted by Gasteiger charge is 2.37. The summed E-state index contributed by atoms with van der Waals surface area (Å²) in [5, 5.41) is 7.26. The van der Waals surface area contributed by atoms with E-state index in [-0.39, 0.29) is 5.91 Å². The van der Waals surface area contributed by atoms with E-state index in [1.807, 2.05) is 50.0 Å². The van der Waals surface area contributed by atoms with Crippen molar-refractivity contribution in [3.63, 3.8) is 0 Å². The van der Waals surface area contributed by atoms with Gasteiger partial charge < -0.3 is 11.1 Å². The number of nitrogens with two attached hydrogens (primary N) is 1. The van der Waals surface area contributed by atoms with Crippen molar-refractivity contribution in [1.82, 2.24) is 15.1 Å². The summed E-state index contributed by atoms with van der Waals surface area (Å²) in [5.74, 6) is 4.23. The van der Waals surface area contributed by atoms with E-state index in [0.29, 0.717) is 18.5 Å². The van der Waals surface area contributed by atoms with Crippen LogP contribution in [0.5, 0.6) is 0 Å². The lowest BCUT2D eigenvalue weighted by Crippen LogP contribution is -2.45. The van der Waals surface area contributed by atoms with Gasteiger partial charge in [-0.1, -0.05) is 46.4 Å². The highest BCUT2D eigenvalue weighted by molar-refractivity contribution is 5.84. The third-order valence-corrected chi connectivity index (χ3v) is 7.65. The van der Waals surface area contributed by atoms with Crippen molar-refractivity contribution in [2.24, 2.45) is 40.7 Å². The van der Waals surface area contributed by atoms with Crippen LogP contribution in [-0.2, 0) is 11.2 Å². The molecule has 34 heavy (non-hydrogen) atoms. The lowest BCUT2D eigenvalue weighted by Gasteiger charge is -2.44. The molecule has 0 aromatic carbocycles. The minimum Gasteiger partial charge on any atom is -0.356 e. The number of carbonyl (C=O) groups excluding carboxylic acids is 1. The minimum atomic E-state index is -0.564. The van der Waals surface area contributed by atoms with Gasteiger partial charge in [0, 0.05) is 24.4 Å². The number of aromatic nitrogens is 2. The molecule has 0 aliphatic heterocycles. The van der Waals surface area contributed by atoms with E-state index in [2.05, 4.69) is 44.7 Å². The molecule has 5 unspecified atom stereocenters. The Morgan fingerprint density at radius 1 is 1.29 bits per heavy atom. The molecule has 0 saturated heterocycles. The van der Waals surface area contributed by atoms with Gasteiger partial charge in [0.05, 0.1) is 17.3 Å². The Labute approximate surface area is 208 Å². The number of carbonyl (C=O) groups is 1. The van der Waals surface area contributed by atoms with Crippen molar-refractivity contribution in [2.45, 2.75) is 93.0 Å². The van der Waals surface area contributed by atoms with Gasteiger partial charge in [-0.25, -0.2) is 4.68 Å². The van der Waals surface area contributed by atoms with Crippen LogP contribution in [0.2, 0.25) is 0 Å². The van der Waals surface area contributed by atoms with Gasteiger partial charge in [0.2, 0.25) is 5.91 Å². The largest absolute Gasteiger partial charge is 0.356 e. The molecule has 1 aromatic heterocycles. The molecule has 3 rings (SSSR count). The summed E-state index contributed by atoms with van der Waals surface area (Å²) in [7, 11) is 0. The second-order valence-electron chi connectivity index (χ2n) is 11.8. The first kappa shape index (κ1) is 28.4. The molecular formula is C29H50N4O. The normalized spacial score (nSPS) is 26.8. The summed E-state index contributed by atoms with van der Waals surface area (Å²) in [4.78, 5) is 12.0. The monoisotopic (exact) mass is 470 g/mol. The van der Waals surface area contributed by atoms with E-state index < -0.39 is 5.41 Å². The van der Waals surface area contributed by atoms with E-state index in [1.54, 1.807) is 0 Å². The Bertz CT molecular complexity index is 818. The molecule has 1 amide bonds. The maximum Gasteiger partial charge on any atom is 0.229 e. The minimum absolute atomic E-state index is 0.0195. The van der Waals surface area contributed by atoms with E-state index in [0.717, 1.165) is 47.8 Å². The molecule has 1 aromatic rings. The quantitative estimate of drug-likeness (QED) is 0.478. The van der Waals surface area contributed by atoms with Crippen LogP contribution in [0.25, 0.3) is 12.3 Å². The zero-order valence-electron chi connectivity index (χ0n) is 22.8. The Morgan fingerprint density at radius 2 is 2.00 bits per heavy atom. The highest BCUT2D eigenvalue weighted by atomic mass is 16.2. The number of hydrogen-bond donors (Lipinski definition) is 2. The maximum atomic E-state index is 12.0. The number of nitrogens with one attached hydrogen (secondary N) is 1. The van der Waals surface area contributed by atoms with Crippen molar-refractivity contribution in [2.75, 3.05) is 6.54 Å². The van der Waals surface area contributed by atoms with E-state index in [9.17, 15) is 4.79 Å². The average molecular weight is 471 g/mol. The third kappa shape index (κ3) is 7.83. The molecule has 0 radical (unpaired) electrons. The molecule has 3 N–H and O–H groups in total. The van der Waals surface area contributed by atoms with Crippen molar-refractivity contribution in [3.8, 4) is 0 Å². The fourth-order valence-electron chi connectivity index (χ4n) is 5.56. The highest BCUT2D eigenvalue weighted by Crippen LogP contribution is 2.43. The molecule has 2 aliphatic rings. The van der Waals surface area contributed by atoms with Gasteiger partial charge in [-0.05, 0) is 88.9 Å². The van der Waals surface area contributed by atoms with Crippen molar-refractivity contribution >= 4 is 18.2 Å². The number of rotatable bonds is 8. The lowest BCUT2D eigenvalue weighted by molar-refractivity contribution is -0.126. The molecule has 5 atom stereocenters. The zero-order valence-corrected chi connectivity index (χ0v) is 22.8. The molecule has 2 saturated carbocycles. The summed E-state index contributed by atoms with van der Waals surface area (Å²) in [6, 6.07) is 0.504. The van der Waals surface area contributed by atoms with Gasteiger partial charge in [-0.3, -0.25) is 4.79 Å². The summed E-state index contributed by atoms with van der Waals surface area (Å²) >= 11 is 0. The predicted octanol–water partition coefficient (Wildman–Crippen LogP) is 6.15. The summed E-state index contributed by atoms with van der Waals surface area (Å²) < 4.78 is 1.86. The first-order valence-electron chi connectivity index (χ1n) is 13.4. The van der Waals surface area contributed by atoms with Crippen LogP contribution >= 0.6 is 0 Å². The molecule has 5 nitrogen and oxygen atoms in total. The molecule has 2 aliphatic carbocycles. The fourth-order valence-corrected chi connectivity index (χ4v) is 5.56. The predicted molar refractivity (Wildman–Crippen MR) is 145 cm³/mol. The summed E-state index contributed by atoms with van der Waals surface area (Å²) in [6.07, 6.45) is 15.2. The number of nitrogens with zero attached hydrogens (tertiary/aromatic N) is 2. The van der Waals surface area contributed by atoms with Crippen molar-refractivity contribution in [3.05, 3.63) is 30.1 Å². The van der Waals surface area contributed by atoms with Gasteiger partial charge in [0.1, 0.15) is 0 Å². The van der Waals surface area contributed by atoms with Crippen LogP contribution in [0.3, 0.4) is 0 Å². The number of fused-ring (bicyclic) bond motifs is 2. The van der Waals surface area contributed by atoms with Gasteiger partial charge in [0.15, 0.2) is 0 Å². The SMILES string of the molecule is C=Cc1cnn(/C=C/C(C)(C)C(=O)NCC)c1CCC(C)C.CC1CC2CC(C)C(N)C(C1)C2. The van der Waals surface area contributed by atoms with Crippen molar-refractivity contribution in [1.29, 1.82) is 0 Å². The maximum absolute atomic E-state index is 12.0. The smallest absolute Gasteiger partial charge is 0.229 e. The van der Waals surface area contributed by atoms with Crippen LogP contribution in [0.15, 0.2) is 18.9 Å². The molecule has 5 heteroatoms. The van der Waals surface area contributed by atoms with Gasteiger partial charge >= 0.3 is 0 Å². The van der Waals surface area contributed by atoms with Crippen LogP contribution < -0.4 is 11.1 Å². The molecular weight excluding hydrogens is 420 g/mol. The van der Waals surface area contributed by atoms with Crippen LogP contribution in [0.1, 0.15) is 91.8 Å². The first-order valence-corrected chi connectivity index (χ1v) is 13.4. The lowest BCUT2D eigenvalue weighted by atomic mass is 9.63. The average Bonchev–Trinajstić information content (AvgIpc) is 3.17. The Hall–Kier alpha value is -1.88. The molecule has 2 fully saturated rings. The van der Waals surface area contributed by atoms with E-state index in [4.69, 9.17) is 5.73 Å². The van der Waals surface area contributed by atoms with Crippen LogP contribution in [0.4, 0.5) is 0 Å². The third-order valence-electron chi connectivity index (χ3n) is 7.65. The standard InChI is InChI=1S/C18H29N3O.C11H21N/c1-7-15-13-20-21(16(15)10-9-14(3)4)12-11-18(5,6)17(22)19-8-2;1-7-3-9-5-8(2)11(12)10(4-7)6-9/h7,11-14H,1,8-10H2,2-6H3,(H,19,22);7-11H,3-6,12H2,1-2H3/b12-11+;. The zero-order chi connectivity index (χ0) is 25.5. The van der Waals surface area contributed by atoms with Crippen LogP contribution in [-0.4, -0.2) is 28.3 Å². The molecule has 2 bridgehead atoms. The second-order valence-corrected chi connectivity index (χ2v) is 11.8. The van der Waals surface area contributed by atoms with Crippen molar-refractivity contribution < 1.29 is 4.79 Å². The fraction of sp³-hybridized carbons (Fsp3) is 0.724. The number of hydrogen-bond acceptors (Lipinski definition) is 3. The first-order chi connectivity index (χ1) is 16.0. The topological polar surface area (TPSA) is 72.9 Å². The van der Waals surface area contributed by atoms with Gasteiger partial charge in [0.25, 0.3) is 0 Å². The van der Waals surface area contributed by atoms with Gasteiger partial charge in [-0.2, -0.15) is 5.10 Å². The molecule has 0 spiro atoms. The number of amides is 1. The Balaban J connectivity index is 0.000000283. The summed E-state index contributed by atoms with van der Waals surface area (Å²) in [6.45, 7) is 19.4. The Kier molecular flexibility index (Phi) is 10.6. The van der Waals surface area contributed by atoms with Gasteiger partial charge in [-0.15, -0.1) is 0 Å². The van der Waals surface area contributed by atoms with Crippen LogP contribution in [0, 0.1) is 35.0 Å². The van der Waals surface area contributed by atoms with E-state index >= 15 is 0 Å². The summed E-state index contributed by atoms with van der Waals surface area (Å²) in [5.41, 5.74) is 7.83. The molecule has 1 heterocycles. The molecule has 192 valence electrons. The van der Waals surface area contributed by atoms with E-state index in [1.165, 1.54) is 25.7 Å².